The lowest BCUT2D eigenvalue weighted by molar-refractivity contribution is 0.383. The van der Waals surface area contributed by atoms with Crippen LogP contribution in [-0.2, 0) is 21.3 Å². The SMILES string of the molecule is CCCc1ccc2c(c1)N(CCC(CCC)(c1ncccn1)S(=O)(=O)O)c1ccccc1S2. The first-order valence-electron chi connectivity index (χ1n) is 11.3. The van der Waals surface area contributed by atoms with Crippen molar-refractivity contribution in [3.8, 4) is 0 Å². The van der Waals surface area contributed by atoms with Crippen LogP contribution in [0.3, 0.4) is 0 Å². The van der Waals surface area contributed by atoms with Gasteiger partial charge in [-0.25, -0.2) is 9.97 Å². The van der Waals surface area contributed by atoms with E-state index in [-0.39, 0.29) is 18.7 Å². The number of aryl methyl sites for hydroxylation is 1. The number of hydrogen-bond donors (Lipinski definition) is 1. The van der Waals surface area contributed by atoms with Crippen LogP contribution in [0, 0.1) is 0 Å². The number of aromatic nitrogens is 2. The molecule has 8 heteroatoms. The molecule has 1 aliphatic rings. The Hall–Kier alpha value is -2.42. The third-order valence-corrected chi connectivity index (χ3v) is 8.80. The molecule has 6 nitrogen and oxygen atoms in total. The number of hydrogen-bond acceptors (Lipinski definition) is 6. The summed E-state index contributed by atoms with van der Waals surface area (Å²) < 4.78 is 34.5. The number of benzene rings is 2. The van der Waals surface area contributed by atoms with E-state index in [4.69, 9.17) is 0 Å². The van der Waals surface area contributed by atoms with E-state index < -0.39 is 14.9 Å². The summed E-state index contributed by atoms with van der Waals surface area (Å²) >= 11 is 1.72. The Morgan fingerprint density at radius 1 is 0.939 bits per heavy atom. The molecular weight excluding hydrogens is 454 g/mol. The normalized spacial score (nSPS) is 14.9. The summed E-state index contributed by atoms with van der Waals surface area (Å²) in [7, 11) is -4.47. The Balaban J connectivity index is 1.78. The maximum absolute atomic E-state index is 12.8. The molecule has 1 unspecified atom stereocenters. The zero-order chi connectivity index (χ0) is 23.5. The molecule has 4 rings (SSSR count). The Morgan fingerprint density at radius 3 is 2.36 bits per heavy atom. The third kappa shape index (κ3) is 4.65. The molecule has 1 atom stereocenters. The zero-order valence-electron chi connectivity index (χ0n) is 18.9. The van der Waals surface area contributed by atoms with Gasteiger partial charge in [0.25, 0.3) is 10.1 Å². The predicted molar refractivity (Wildman–Crippen MR) is 133 cm³/mol. The summed E-state index contributed by atoms with van der Waals surface area (Å²) in [5.74, 6) is 0.147. The molecular formula is C25H29N3O3S2. The van der Waals surface area contributed by atoms with Crippen molar-refractivity contribution >= 4 is 33.3 Å². The maximum Gasteiger partial charge on any atom is 0.278 e. The average molecular weight is 484 g/mol. The summed E-state index contributed by atoms with van der Waals surface area (Å²) in [6.07, 6.45) is 6.06. The fraction of sp³-hybridized carbons (Fsp3) is 0.360. The minimum Gasteiger partial charge on any atom is -0.340 e. The first-order valence-corrected chi connectivity index (χ1v) is 13.6. The van der Waals surface area contributed by atoms with Crippen LogP contribution in [0.25, 0.3) is 0 Å². The minimum absolute atomic E-state index is 0.147. The Labute approximate surface area is 200 Å². The van der Waals surface area contributed by atoms with E-state index in [1.807, 2.05) is 19.1 Å². The van der Waals surface area contributed by atoms with E-state index in [0.717, 1.165) is 34.0 Å². The largest absolute Gasteiger partial charge is 0.340 e. The molecule has 1 N–H and O–H groups in total. The van der Waals surface area contributed by atoms with Crippen LogP contribution in [-0.4, -0.2) is 29.5 Å². The van der Waals surface area contributed by atoms with Gasteiger partial charge in [-0.1, -0.05) is 56.7 Å². The lowest BCUT2D eigenvalue weighted by atomic mass is 9.96. The van der Waals surface area contributed by atoms with Crippen molar-refractivity contribution in [2.24, 2.45) is 0 Å². The van der Waals surface area contributed by atoms with Gasteiger partial charge in [-0.3, -0.25) is 4.55 Å². The molecule has 0 radical (unpaired) electrons. The topological polar surface area (TPSA) is 83.4 Å². The van der Waals surface area contributed by atoms with Gasteiger partial charge in [0.05, 0.1) is 11.4 Å². The second kappa shape index (κ2) is 9.83. The lowest BCUT2D eigenvalue weighted by Gasteiger charge is -2.36. The van der Waals surface area contributed by atoms with E-state index in [0.29, 0.717) is 13.0 Å². The van der Waals surface area contributed by atoms with E-state index in [1.54, 1.807) is 17.8 Å². The predicted octanol–water partition coefficient (Wildman–Crippen LogP) is 6.01. The second-order valence-corrected chi connectivity index (χ2v) is 11.1. The van der Waals surface area contributed by atoms with Gasteiger partial charge in [-0.2, -0.15) is 8.42 Å². The molecule has 1 aromatic heterocycles. The molecule has 33 heavy (non-hydrogen) atoms. The van der Waals surface area contributed by atoms with E-state index in [1.165, 1.54) is 18.0 Å². The third-order valence-electron chi connectivity index (χ3n) is 6.09. The standard InChI is InChI=1S/C25H29N3O3S2/c1-3-8-19-11-12-23-21(18-19)28(20-9-5-6-10-22(20)32-23)17-14-25(13-4-2,33(29,30)31)24-26-15-7-16-27-24/h5-7,9-12,15-16,18H,3-4,8,13-14,17H2,1-2H3,(H,29,30,31). The number of anilines is 2. The Kier molecular flexibility index (Phi) is 7.07. The van der Waals surface area contributed by atoms with Crippen LogP contribution in [0.5, 0.6) is 0 Å². The van der Waals surface area contributed by atoms with Crippen molar-refractivity contribution in [1.82, 2.24) is 9.97 Å². The zero-order valence-corrected chi connectivity index (χ0v) is 20.6. The summed E-state index contributed by atoms with van der Waals surface area (Å²) in [5.41, 5.74) is 3.36. The monoisotopic (exact) mass is 483 g/mol. The molecule has 0 spiro atoms. The van der Waals surface area contributed by atoms with Gasteiger partial charge in [0.2, 0.25) is 0 Å². The van der Waals surface area contributed by atoms with Gasteiger partial charge in [-0.05, 0) is 55.2 Å². The summed E-state index contributed by atoms with van der Waals surface area (Å²) in [5, 5.41) is 0. The first-order chi connectivity index (χ1) is 15.9. The smallest absolute Gasteiger partial charge is 0.278 e. The fourth-order valence-corrected chi connectivity index (χ4v) is 6.74. The van der Waals surface area contributed by atoms with Crippen LogP contribution in [0.1, 0.15) is 50.9 Å². The van der Waals surface area contributed by atoms with Crippen molar-refractivity contribution in [2.75, 3.05) is 11.4 Å². The summed E-state index contributed by atoms with van der Waals surface area (Å²) in [6.45, 7) is 4.46. The molecule has 1 aliphatic heterocycles. The Morgan fingerprint density at radius 2 is 1.67 bits per heavy atom. The van der Waals surface area contributed by atoms with Gasteiger partial charge in [-0.15, -0.1) is 0 Å². The van der Waals surface area contributed by atoms with Crippen LogP contribution in [0.15, 0.2) is 70.7 Å². The van der Waals surface area contributed by atoms with Crippen molar-refractivity contribution in [3.63, 3.8) is 0 Å². The highest BCUT2D eigenvalue weighted by Crippen LogP contribution is 2.49. The van der Waals surface area contributed by atoms with Gasteiger partial charge < -0.3 is 4.90 Å². The average Bonchev–Trinajstić information content (AvgIpc) is 2.81. The highest BCUT2D eigenvalue weighted by atomic mass is 32.2. The molecule has 0 saturated carbocycles. The highest BCUT2D eigenvalue weighted by molar-refractivity contribution is 7.99. The summed E-state index contributed by atoms with van der Waals surface area (Å²) in [4.78, 5) is 12.9. The number of nitrogens with zero attached hydrogens (tertiary/aromatic N) is 3. The fourth-order valence-electron chi connectivity index (χ4n) is 4.51. The van der Waals surface area contributed by atoms with Gasteiger partial charge in [0.15, 0.2) is 10.6 Å². The molecule has 3 aromatic rings. The molecule has 0 aliphatic carbocycles. The Bertz CT molecular complexity index is 1220. The van der Waals surface area contributed by atoms with Gasteiger partial charge in [0, 0.05) is 28.7 Å². The summed E-state index contributed by atoms with van der Waals surface area (Å²) in [6, 6.07) is 16.3. The van der Waals surface area contributed by atoms with Crippen LogP contribution >= 0.6 is 11.8 Å². The maximum atomic E-state index is 12.8. The molecule has 0 saturated heterocycles. The minimum atomic E-state index is -4.47. The number of rotatable bonds is 9. The quantitative estimate of drug-likeness (QED) is 0.373. The molecule has 0 bridgehead atoms. The molecule has 174 valence electrons. The van der Waals surface area contributed by atoms with Crippen LogP contribution < -0.4 is 4.90 Å². The van der Waals surface area contributed by atoms with Gasteiger partial charge >= 0.3 is 0 Å². The van der Waals surface area contributed by atoms with E-state index in [2.05, 4.69) is 52.1 Å². The van der Waals surface area contributed by atoms with Crippen LogP contribution in [0.4, 0.5) is 11.4 Å². The van der Waals surface area contributed by atoms with Crippen molar-refractivity contribution in [3.05, 3.63) is 72.3 Å². The first kappa shape index (κ1) is 23.7. The lowest BCUT2D eigenvalue weighted by Crippen LogP contribution is -2.40. The molecule has 0 amide bonds. The van der Waals surface area contributed by atoms with Gasteiger partial charge in [0.1, 0.15) is 0 Å². The highest BCUT2D eigenvalue weighted by Gasteiger charge is 2.47. The van der Waals surface area contributed by atoms with Crippen molar-refractivity contribution in [2.45, 2.75) is 60.5 Å². The number of fused-ring (bicyclic) bond motifs is 2. The molecule has 0 fully saturated rings. The van der Waals surface area contributed by atoms with E-state index >= 15 is 0 Å². The van der Waals surface area contributed by atoms with Crippen molar-refractivity contribution in [1.29, 1.82) is 0 Å². The second-order valence-electron chi connectivity index (χ2n) is 8.32. The van der Waals surface area contributed by atoms with Crippen molar-refractivity contribution < 1.29 is 13.0 Å². The molecule has 2 heterocycles. The molecule has 2 aromatic carbocycles. The van der Waals surface area contributed by atoms with Crippen LogP contribution in [0.2, 0.25) is 0 Å². The number of para-hydroxylation sites is 1. The van der Waals surface area contributed by atoms with E-state index in [9.17, 15) is 13.0 Å².